The lowest BCUT2D eigenvalue weighted by Gasteiger charge is -2.00. The molecule has 0 amide bonds. The summed E-state index contributed by atoms with van der Waals surface area (Å²) in [7, 11) is 0. The van der Waals surface area contributed by atoms with E-state index >= 15 is 0 Å². The van der Waals surface area contributed by atoms with Gasteiger partial charge in [0.2, 0.25) is 0 Å². The highest BCUT2D eigenvalue weighted by Crippen LogP contribution is 2.25. The van der Waals surface area contributed by atoms with Crippen LogP contribution in [0.2, 0.25) is 0 Å². The van der Waals surface area contributed by atoms with Crippen LogP contribution >= 0.6 is 0 Å². The van der Waals surface area contributed by atoms with Gasteiger partial charge in [0.25, 0.3) is 0 Å². The van der Waals surface area contributed by atoms with Crippen LogP contribution in [0.4, 0.5) is 4.39 Å². The van der Waals surface area contributed by atoms with Crippen LogP contribution in [0.5, 0.6) is 0 Å². The van der Waals surface area contributed by atoms with Gasteiger partial charge in [0.1, 0.15) is 23.3 Å². The summed E-state index contributed by atoms with van der Waals surface area (Å²) in [6, 6.07) is 6.07. The Morgan fingerprint density at radius 1 is 1.43 bits per heavy atom. The number of aliphatic hydroxyl groups is 1. The molecule has 2 rings (SSSR count). The predicted octanol–water partition coefficient (Wildman–Crippen LogP) is 3.02. The first kappa shape index (κ1) is 9.21. The van der Waals surface area contributed by atoms with Crippen molar-refractivity contribution in [2.75, 3.05) is 0 Å². The Morgan fingerprint density at radius 3 is 2.93 bits per heavy atom. The molecule has 1 N–H and O–H groups in total. The summed E-state index contributed by atoms with van der Waals surface area (Å²) in [6.07, 6.45) is -0.0204. The average Bonchev–Trinajstić information content (AvgIpc) is 2.59. The third kappa shape index (κ3) is 1.51. The lowest BCUT2D eigenvalue weighted by molar-refractivity contribution is 0.148. The Morgan fingerprint density at radius 2 is 2.21 bits per heavy atom. The summed E-state index contributed by atoms with van der Waals surface area (Å²) in [6.45, 7) is 1.86. The lowest BCUT2D eigenvalue weighted by atomic mass is 10.2. The van der Waals surface area contributed by atoms with Crippen LogP contribution in [0, 0.1) is 5.82 Å². The van der Waals surface area contributed by atoms with Crippen molar-refractivity contribution in [2.45, 2.75) is 19.4 Å². The van der Waals surface area contributed by atoms with Gasteiger partial charge in [-0.05, 0) is 24.6 Å². The summed E-state index contributed by atoms with van der Waals surface area (Å²) in [5.74, 6) is 0.164. The number of aliphatic hydroxyl groups excluding tert-OH is 1. The van der Waals surface area contributed by atoms with Crippen LogP contribution in [0.25, 0.3) is 11.0 Å². The number of furan rings is 1. The normalized spacial score (nSPS) is 13.4. The number of benzene rings is 1. The van der Waals surface area contributed by atoms with Crippen LogP contribution in [-0.4, -0.2) is 5.11 Å². The molecule has 1 atom stereocenters. The molecule has 1 aromatic heterocycles. The zero-order valence-electron chi connectivity index (χ0n) is 7.83. The number of fused-ring (bicyclic) bond motifs is 1. The molecule has 2 aromatic rings. The zero-order chi connectivity index (χ0) is 10.1. The largest absolute Gasteiger partial charge is 0.458 e. The van der Waals surface area contributed by atoms with E-state index in [2.05, 4.69) is 0 Å². The Labute approximate surface area is 81.0 Å². The van der Waals surface area contributed by atoms with Gasteiger partial charge in [-0.25, -0.2) is 4.39 Å². The van der Waals surface area contributed by atoms with Crippen LogP contribution in [0.3, 0.4) is 0 Å². The van der Waals surface area contributed by atoms with Crippen molar-refractivity contribution in [3.63, 3.8) is 0 Å². The Hall–Kier alpha value is -1.35. The van der Waals surface area contributed by atoms with E-state index in [4.69, 9.17) is 4.42 Å². The van der Waals surface area contributed by atoms with Crippen LogP contribution in [-0.2, 0) is 0 Å². The van der Waals surface area contributed by atoms with E-state index in [1.165, 1.54) is 12.1 Å². The maximum Gasteiger partial charge on any atom is 0.137 e. The first-order chi connectivity index (χ1) is 6.70. The van der Waals surface area contributed by atoms with E-state index in [-0.39, 0.29) is 5.82 Å². The van der Waals surface area contributed by atoms with Gasteiger partial charge in [-0.1, -0.05) is 6.92 Å². The van der Waals surface area contributed by atoms with Gasteiger partial charge in [0, 0.05) is 11.5 Å². The second kappa shape index (κ2) is 3.42. The van der Waals surface area contributed by atoms with E-state index in [1.54, 1.807) is 12.1 Å². The van der Waals surface area contributed by atoms with Gasteiger partial charge in [0.05, 0.1) is 0 Å². The number of halogens is 1. The van der Waals surface area contributed by atoms with Crippen LogP contribution in [0.15, 0.2) is 28.7 Å². The van der Waals surface area contributed by atoms with Crippen molar-refractivity contribution < 1.29 is 13.9 Å². The van der Waals surface area contributed by atoms with E-state index in [0.717, 1.165) is 5.39 Å². The number of hydrogen-bond donors (Lipinski definition) is 1. The molecule has 0 saturated carbocycles. The molecule has 0 spiro atoms. The molecule has 1 aromatic carbocycles. The predicted molar refractivity (Wildman–Crippen MR) is 51.4 cm³/mol. The second-order valence-electron chi connectivity index (χ2n) is 3.25. The molecule has 1 heterocycles. The smallest absolute Gasteiger partial charge is 0.137 e. The SMILES string of the molecule is CC[C@H](O)c1cc2ccc(F)cc2o1. The summed E-state index contributed by atoms with van der Waals surface area (Å²) in [5, 5.41) is 10.3. The molecule has 3 heteroatoms. The molecule has 0 fully saturated rings. The number of hydrogen-bond acceptors (Lipinski definition) is 2. The van der Waals surface area contributed by atoms with Gasteiger partial charge >= 0.3 is 0 Å². The van der Waals surface area contributed by atoms with Gasteiger partial charge < -0.3 is 9.52 Å². The first-order valence-corrected chi connectivity index (χ1v) is 4.57. The van der Waals surface area contributed by atoms with E-state index in [0.29, 0.717) is 17.8 Å². The van der Waals surface area contributed by atoms with Gasteiger partial charge in [-0.15, -0.1) is 0 Å². The Balaban J connectivity index is 2.51. The molecule has 0 aliphatic rings. The highest BCUT2D eigenvalue weighted by atomic mass is 19.1. The topological polar surface area (TPSA) is 33.4 Å². The molecular formula is C11H11FO2. The van der Waals surface area contributed by atoms with Gasteiger partial charge in [0.15, 0.2) is 0 Å². The van der Waals surface area contributed by atoms with Gasteiger partial charge in [-0.2, -0.15) is 0 Å². The quantitative estimate of drug-likeness (QED) is 0.797. The van der Waals surface area contributed by atoms with Crippen molar-refractivity contribution in [2.24, 2.45) is 0 Å². The minimum atomic E-state index is -0.606. The Kier molecular flexibility index (Phi) is 2.25. The fourth-order valence-corrected chi connectivity index (χ4v) is 1.39. The molecule has 0 aliphatic heterocycles. The fraction of sp³-hybridized carbons (Fsp3) is 0.273. The zero-order valence-corrected chi connectivity index (χ0v) is 7.83. The summed E-state index contributed by atoms with van der Waals surface area (Å²) < 4.78 is 18.1. The summed E-state index contributed by atoms with van der Waals surface area (Å²) in [5.41, 5.74) is 0.479. The van der Waals surface area contributed by atoms with Crippen molar-refractivity contribution in [1.29, 1.82) is 0 Å². The van der Waals surface area contributed by atoms with Crippen molar-refractivity contribution >= 4 is 11.0 Å². The maximum absolute atomic E-state index is 12.8. The van der Waals surface area contributed by atoms with Crippen LogP contribution < -0.4 is 0 Å². The standard InChI is InChI=1S/C11H11FO2/c1-2-9(13)11-5-7-3-4-8(12)6-10(7)14-11/h3-6,9,13H,2H2,1H3/t9-/m0/s1. The molecule has 0 radical (unpaired) electrons. The minimum absolute atomic E-state index is 0.329. The maximum atomic E-state index is 12.8. The molecule has 14 heavy (non-hydrogen) atoms. The fourth-order valence-electron chi connectivity index (χ4n) is 1.39. The average molecular weight is 194 g/mol. The van der Waals surface area contributed by atoms with E-state index in [1.807, 2.05) is 6.92 Å². The molecule has 0 unspecified atom stereocenters. The lowest BCUT2D eigenvalue weighted by Crippen LogP contribution is -1.90. The first-order valence-electron chi connectivity index (χ1n) is 4.57. The molecule has 0 bridgehead atoms. The summed E-state index contributed by atoms with van der Waals surface area (Å²) >= 11 is 0. The number of rotatable bonds is 2. The molecule has 0 saturated heterocycles. The molecule has 74 valence electrons. The minimum Gasteiger partial charge on any atom is -0.458 e. The summed E-state index contributed by atoms with van der Waals surface area (Å²) in [4.78, 5) is 0. The van der Waals surface area contributed by atoms with Gasteiger partial charge in [-0.3, -0.25) is 0 Å². The molecule has 2 nitrogen and oxygen atoms in total. The monoisotopic (exact) mass is 194 g/mol. The third-order valence-electron chi connectivity index (χ3n) is 2.22. The van der Waals surface area contributed by atoms with E-state index in [9.17, 15) is 9.50 Å². The third-order valence-corrected chi connectivity index (χ3v) is 2.22. The van der Waals surface area contributed by atoms with Crippen molar-refractivity contribution in [3.05, 3.63) is 35.8 Å². The van der Waals surface area contributed by atoms with E-state index < -0.39 is 6.10 Å². The highest BCUT2D eigenvalue weighted by molar-refractivity contribution is 5.77. The Bertz CT molecular complexity index is 447. The highest BCUT2D eigenvalue weighted by Gasteiger charge is 2.11. The van der Waals surface area contributed by atoms with Crippen molar-refractivity contribution in [1.82, 2.24) is 0 Å². The molecule has 0 aliphatic carbocycles. The van der Waals surface area contributed by atoms with Crippen LogP contribution in [0.1, 0.15) is 25.2 Å². The second-order valence-corrected chi connectivity index (χ2v) is 3.25. The van der Waals surface area contributed by atoms with Crippen molar-refractivity contribution in [3.8, 4) is 0 Å². The molecular weight excluding hydrogens is 183 g/mol.